The van der Waals surface area contributed by atoms with Gasteiger partial charge in [0.25, 0.3) is 0 Å². The maximum absolute atomic E-state index is 13.2. The smallest absolute Gasteiger partial charge is 0.0667 e. The van der Waals surface area contributed by atoms with E-state index < -0.39 is 5.54 Å². The Hall–Kier alpha value is -2.16. The molecule has 1 unspecified atom stereocenters. The van der Waals surface area contributed by atoms with Gasteiger partial charge in [-0.15, -0.1) is 10.3 Å². The van der Waals surface area contributed by atoms with E-state index in [0.29, 0.717) is 0 Å². The van der Waals surface area contributed by atoms with Crippen LogP contribution in [0, 0.1) is 5.92 Å². The van der Waals surface area contributed by atoms with Gasteiger partial charge in [0, 0.05) is 5.54 Å². The Morgan fingerprint density at radius 1 is 0.769 bits per heavy atom. The van der Waals surface area contributed by atoms with Gasteiger partial charge in [0.05, 0.1) is 6.04 Å². The minimum atomic E-state index is -0.432. The molecule has 0 spiro atoms. The number of rotatable bonds is 3. The molecule has 133 valence electrons. The van der Waals surface area contributed by atoms with Crippen molar-refractivity contribution in [2.45, 2.75) is 46.2 Å². The molecule has 0 N–H and O–H groups in total. The fourth-order valence-electron chi connectivity index (χ4n) is 4.19. The van der Waals surface area contributed by atoms with Crippen molar-refractivity contribution in [3.05, 3.63) is 60.2 Å². The van der Waals surface area contributed by atoms with E-state index in [-0.39, 0.29) is 12.0 Å². The van der Waals surface area contributed by atoms with Crippen LogP contribution in [0.5, 0.6) is 0 Å². The minimum absolute atomic E-state index is 0.167. The molecule has 4 aromatic carbocycles. The summed E-state index contributed by atoms with van der Waals surface area (Å²) in [5, 5.41) is 22.0. The van der Waals surface area contributed by atoms with Crippen LogP contribution >= 0.6 is 0 Å². The molecular formula is C24H26NO. The SMILES string of the molecule is CC(C)C(c1ccc2ccc3cccc4ccc1c2c34)N([O])C(C)(C)C. The van der Waals surface area contributed by atoms with Gasteiger partial charge in [0.2, 0.25) is 0 Å². The van der Waals surface area contributed by atoms with Crippen molar-refractivity contribution < 1.29 is 5.21 Å². The molecule has 0 amide bonds. The van der Waals surface area contributed by atoms with Crippen molar-refractivity contribution >= 4 is 32.3 Å². The minimum Gasteiger partial charge on any atom is -0.142 e. The molecule has 2 nitrogen and oxygen atoms in total. The second-order valence-electron chi connectivity index (χ2n) is 8.70. The quantitative estimate of drug-likeness (QED) is 0.298. The van der Waals surface area contributed by atoms with Crippen molar-refractivity contribution in [1.82, 2.24) is 5.06 Å². The van der Waals surface area contributed by atoms with Gasteiger partial charge in [-0.3, -0.25) is 0 Å². The maximum Gasteiger partial charge on any atom is 0.0667 e. The summed E-state index contributed by atoms with van der Waals surface area (Å²) in [7, 11) is 0. The number of benzene rings is 4. The van der Waals surface area contributed by atoms with E-state index in [0.717, 1.165) is 5.56 Å². The second-order valence-corrected chi connectivity index (χ2v) is 8.70. The highest BCUT2D eigenvalue weighted by molar-refractivity contribution is 6.23. The van der Waals surface area contributed by atoms with Crippen LogP contribution in [0.4, 0.5) is 0 Å². The Morgan fingerprint density at radius 2 is 1.31 bits per heavy atom. The van der Waals surface area contributed by atoms with Crippen LogP contribution < -0.4 is 0 Å². The summed E-state index contributed by atoms with van der Waals surface area (Å²) in [5.41, 5.74) is 0.703. The highest BCUT2D eigenvalue weighted by Crippen LogP contribution is 2.41. The van der Waals surface area contributed by atoms with E-state index in [1.165, 1.54) is 37.4 Å². The zero-order valence-corrected chi connectivity index (χ0v) is 16.2. The standard InChI is InChI=1S/C24H26NO/c1-15(2)23(25(26)24(3,4)5)20-14-12-18-10-9-16-7-6-8-17-11-13-19(20)22(18)21(16)17/h6-15,23H,1-5H3. The number of nitrogens with zero attached hydrogens (tertiary/aromatic N) is 1. The molecule has 0 saturated heterocycles. The molecule has 2 heteroatoms. The van der Waals surface area contributed by atoms with E-state index in [4.69, 9.17) is 0 Å². The molecule has 1 radical (unpaired) electrons. The highest BCUT2D eigenvalue weighted by atomic mass is 16.5. The lowest BCUT2D eigenvalue weighted by Gasteiger charge is -2.37. The third-order valence-corrected chi connectivity index (χ3v) is 5.43. The predicted octanol–water partition coefficient (Wildman–Crippen LogP) is 6.73. The lowest BCUT2D eigenvalue weighted by Crippen LogP contribution is -2.42. The van der Waals surface area contributed by atoms with Crippen molar-refractivity contribution in [3.63, 3.8) is 0 Å². The number of hydrogen-bond acceptors (Lipinski definition) is 1. The summed E-state index contributed by atoms with van der Waals surface area (Å²) in [6.45, 7) is 10.3. The summed E-state index contributed by atoms with van der Waals surface area (Å²) in [4.78, 5) is 0. The van der Waals surface area contributed by atoms with Crippen LogP contribution in [-0.2, 0) is 5.21 Å². The van der Waals surface area contributed by atoms with Crippen molar-refractivity contribution in [2.75, 3.05) is 0 Å². The molecule has 0 fully saturated rings. The average Bonchev–Trinajstić information content (AvgIpc) is 2.59. The molecule has 4 rings (SSSR count). The zero-order chi connectivity index (χ0) is 18.6. The van der Waals surface area contributed by atoms with Crippen LogP contribution in [-0.4, -0.2) is 10.6 Å². The molecule has 1 atom stereocenters. The summed E-state index contributed by atoms with van der Waals surface area (Å²) in [5.74, 6) is 0.227. The van der Waals surface area contributed by atoms with Gasteiger partial charge in [-0.25, -0.2) is 0 Å². The first kappa shape index (κ1) is 17.3. The fourth-order valence-corrected chi connectivity index (χ4v) is 4.19. The third-order valence-electron chi connectivity index (χ3n) is 5.43. The summed E-state index contributed by atoms with van der Waals surface area (Å²) in [6, 6.07) is 19.4. The number of hydrogen-bond donors (Lipinski definition) is 0. The third kappa shape index (κ3) is 2.56. The first-order valence-electron chi connectivity index (χ1n) is 9.42. The first-order chi connectivity index (χ1) is 12.3. The van der Waals surface area contributed by atoms with Crippen LogP contribution in [0.25, 0.3) is 32.3 Å². The van der Waals surface area contributed by atoms with Crippen molar-refractivity contribution in [1.29, 1.82) is 0 Å². The van der Waals surface area contributed by atoms with E-state index in [1.54, 1.807) is 0 Å². The van der Waals surface area contributed by atoms with Crippen LogP contribution in [0.15, 0.2) is 54.6 Å². The van der Waals surface area contributed by atoms with E-state index in [2.05, 4.69) is 68.4 Å². The molecule has 26 heavy (non-hydrogen) atoms. The van der Waals surface area contributed by atoms with Gasteiger partial charge < -0.3 is 0 Å². The summed E-state index contributed by atoms with van der Waals surface area (Å²) in [6.07, 6.45) is 0. The molecule has 0 aromatic heterocycles. The van der Waals surface area contributed by atoms with Gasteiger partial charge in [-0.05, 0) is 64.6 Å². The van der Waals surface area contributed by atoms with E-state index in [1.807, 2.05) is 20.8 Å². The number of hydroxylamine groups is 2. The average molecular weight is 344 g/mol. The first-order valence-corrected chi connectivity index (χ1v) is 9.42. The Balaban J connectivity index is 2.06. The molecule has 0 aliphatic carbocycles. The molecule has 4 aromatic rings. The lowest BCUT2D eigenvalue weighted by molar-refractivity contribution is -0.249. The Kier molecular flexibility index (Phi) is 3.94. The lowest BCUT2D eigenvalue weighted by atomic mass is 9.85. The maximum atomic E-state index is 13.2. The summed E-state index contributed by atoms with van der Waals surface area (Å²) >= 11 is 0. The molecule has 0 saturated carbocycles. The van der Waals surface area contributed by atoms with Gasteiger partial charge in [-0.2, -0.15) is 0 Å². The van der Waals surface area contributed by atoms with E-state index >= 15 is 0 Å². The molecule has 0 aliphatic rings. The molecule has 0 heterocycles. The van der Waals surface area contributed by atoms with Crippen LogP contribution in [0.3, 0.4) is 0 Å². The molecule has 0 bridgehead atoms. The van der Waals surface area contributed by atoms with E-state index in [9.17, 15) is 5.21 Å². The van der Waals surface area contributed by atoms with Crippen molar-refractivity contribution in [2.24, 2.45) is 5.92 Å². The van der Waals surface area contributed by atoms with Crippen LogP contribution in [0.2, 0.25) is 0 Å². The predicted molar refractivity (Wildman–Crippen MR) is 110 cm³/mol. The largest absolute Gasteiger partial charge is 0.142 e. The van der Waals surface area contributed by atoms with Gasteiger partial charge in [-0.1, -0.05) is 68.4 Å². The van der Waals surface area contributed by atoms with Gasteiger partial charge in [0.15, 0.2) is 0 Å². The molecule has 0 aliphatic heterocycles. The normalized spacial score (nSPS) is 14.3. The Labute approximate surface area is 155 Å². The van der Waals surface area contributed by atoms with Gasteiger partial charge in [0.1, 0.15) is 0 Å². The Bertz CT molecular complexity index is 1060. The summed E-state index contributed by atoms with van der Waals surface area (Å²) < 4.78 is 0. The topological polar surface area (TPSA) is 23.1 Å². The fraction of sp³-hybridized carbons (Fsp3) is 0.333. The second kappa shape index (κ2) is 5.94. The van der Waals surface area contributed by atoms with Crippen molar-refractivity contribution in [3.8, 4) is 0 Å². The Morgan fingerprint density at radius 3 is 1.88 bits per heavy atom. The van der Waals surface area contributed by atoms with Crippen LogP contribution in [0.1, 0.15) is 46.2 Å². The molecular weight excluding hydrogens is 318 g/mol. The highest BCUT2D eigenvalue weighted by Gasteiger charge is 2.33. The van der Waals surface area contributed by atoms with Gasteiger partial charge >= 0.3 is 0 Å². The monoisotopic (exact) mass is 344 g/mol. The zero-order valence-electron chi connectivity index (χ0n) is 16.2.